The van der Waals surface area contributed by atoms with Crippen LogP contribution in [0.5, 0.6) is 0 Å². The smallest absolute Gasteiger partial charge is 0.287 e. The van der Waals surface area contributed by atoms with Gasteiger partial charge in [0.15, 0.2) is 5.76 Å². The molecule has 0 radical (unpaired) electrons. The molecule has 0 spiro atoms. The summed E-state index contributed by atoms with van der Waals surface area (Å²) in [4.78, 5) is 12.3. The van der Waals surface area contributed by atoms with Crippen LogP contribution < -0.4 is 5.32 Å². The van der Waals surface area contributed by atoms with Gasteiger partial charge in [-0.05, 0) is 32.0 Å². The summed E-state index contributed by atoms with van der Waals surface area (Å²) in [5, 5.41) is 3.86. The highest BCUT2D eigenvalue weighted by atomic mass is 16.5. The summed E-state index contributed by atoms with van der Waals surface area (Å²) in [6, 6.07) is 7.47. The van der Waals surface area contributed by atoms with E-state index in [1.807, 2.05) is 32.0 Å². The van der Waals surface area contributed by atoms with Crippen molar-refractivity contribution in [3.8, 4) is 0 Å². The molecule has 1 aromatic heterocycles. The van der Waals surface area contributed by atoms with Crippen LogP contribution in [0.2, 0.25) is 0 Å². The van der Waals surface area contributed by atoms with Gasteiger partial charge in [-0.25, -0.2) is 0 Å². The maximum absolute atomic E-state index is 12.3. The first-order chi connectivity index (χ1) is 10.2. The van der Waals surface area contributed by atoms with Gasteiger partial charge in [0, 0.05) is 12.0 Å². The fraction of sp³-hybridized carbons (Fsp3) is 0.438. The summed E-state index contributed by atoms with van der Waals surface area (Å²) in [7, 11) is 0. The minimum absolute atomic E-state index is 0.0921. The van der Waals surface area contributed by atoms with Gasteiger partial charge in [0.2, 0.25) is 0 Å². The van der Waals surface area contributed by atoms with Crippen molar-refractivity contribution in [2.75, 3.05) is 19.8 Å². The Hall–Kier alpha value is -1.85. The first kappa shape index (κ1) is 14.1. The van der Waals surface area contributed by atoms with E-state index in [0.717, 1.165) is 16.5 Å². The lowest BCUT2D eigenvalue weighted by Gasteiger charge is -2.18. The third-order valence-electron chi connectivity index (χ3n) is 3.62. The van der Waals surface area contributed by atoms with Crippen LogP contribution in [0, 0.1) is 6.92 Å². The zero-order valence-electron chi connectivity index (χ0n) is 12.2. The van der Waals surface area contributed by atoms with Gasteiger partial charge in [-0.3, -0.25) is 4.79 Å². The van der Waals surface area contributed by atoms with E-state index in [4.69, 9.17) is 13.9 Å². The minimum Gasteiger partial charge on any atom is -0.451 e. The Balaban J connectivity index is 1.74. The van der Waals surface area contributed by atoms with Crippen molar-refractivity contribution < 1.29 is 18.7 Å². The van der Waals surface area contributed by atoms with Gasteiger partial charge >= 0.3 is 0 Å². The lowest BCUT2D eigenvalue weighted by Crippen LogP contribution is -2.43. The second-order valence-corrected chi connectivity index (χ2v) is 5.26. The number of carbonyl (C=O) groups excluding carboxylic acids is 1. The summed E-state index contributed by atoms with van der Waals surface area (Å²) in [6.07, 6.45) is -0.0921. The average Bonchev–Trinajstić information content (AvgIpc) is 3.06. The van der Waals surface area contributed by atoms with Crippen LogP contribution in [0.25, 0.3) is 11.0 Å². The number of amides is 1. The standard InChI is InChI=1S/C16H19NO4/c1-3-20-15-9-19-8-12(15)17-16(18)14-7-11-6-10(2)4-5-13(11)21-14/h4-7,12,15H,3,8-9H2,1-2H3,(H,17,18)/t12-,15-/m0/s1. The molecule has 0 unspecified atom stereocenters. The first-order valence-corrected chi connectivity index (χ1v) is 7.18. The Morgan fingerprint density at radius 3 is 3.05 bits per heavy atom. The average molecular weight is 289 g/mol. The van der Waals surface area contributed by atoms with E-state index < -0.39 is 0 Å². The molecule has 0 bridgehead atoms. The van der Waals surface area contributed by atoms with Crippen LogP contribution in [0.3, 0.4) is 0 Å². The normalized spacial score (nSPS) is 21.8. The van der Waals surface area contributed by atoms with Crippen molar-refractivity contribution in [3.05, 3.63) is 35.6 Å². The molecule has 2 aromatic rings. The summed E-state index contributed by atoms with van der Waals surface area (Å²) < 4.78 is 16.5. The van der Waals surface area contributed by atoms with Gasteiger partial charge in [-0.15, -0.1) is 0 Å². The molecular formula is C16H19NO4. The van der Waals surface area contributed by atoms with Crippen molar-refractivity contribution in [1.82, 2.24) is 5.32 Å². The van der Waals surface area contributed by atoms with Crippen molar-refractivity contribution >= 4 is 16.9 Å². The van der Waals surface area contributed by atoms with Crippen LogP contribution >= 0.6 is 0 Å². The van der Waals surface area contributed by atoms with Gasteiger partial charge in [0.1, 0.15) is 11.7 Å². The summed E-state index contributed by atoms with van der Waals surface area (Å²) in [5.41, 5.74) is 1.85. The van der Waals surface area contributed by atoms with Gasteiger partial charge in [-0.1, -0.05) is 11.6 Å². The lowest BCUT2D eigenvalue weighted by molar-refractivity contribution is 0.0399. The molecule has 2 heterocycles. The number of carbonyl (C=O) groups is 1. The zero-order valence-corrected chi connectivity index (χ0v) is 12.2. The SMILES string of the molecule is CCO[C@H]1COC[C@@H]1NC(=O)c1cc2cc(C)ccc2o1. The van der Waals surface area contributed by atoms with E-state index in [0.29, 0.717) is 25.6 Å². The summed E-state index contributed by atoms with van der Waals surface area (Å²) in [5.74, 6) is 0.0850. The fourth-order valence-corrected chi connectivity index (χ4v) is 2.56. The highest BCUT2D eigenvalue weighted by molar-refractivity contribution is 5.96. The fourth-order valence-electron chi connectivity index (χ4n) is 2.56. The topological polar surface area (TPSA) is 60.7 Å². The summed E-state index contributed by atoms with van der Waals surface area (Å²) in [6.45, 7) is 5.52. The molecule has 1 fully saturated rings. The lowest BCUT2D eigenvalue weighted by atomic mass is 10.2. The molecule has 0 saturated carbocycles. The number of furan rings is 1. The van der Waals surface area contributed by atoms with Crippen molar-refractivity contribution in [2.24, 2.45) is 0 Å². The molecule has 1 aromatic carbocycles. The van der Waals surface area contributed by atoms with Crippen molar-refractivity contribution in [3.63, 3.8) is 0 Å². The number of rotatable bonds is 4. The molecular weight excluding hydrogens is 270 g/mol. The molecule has 1 amide bonds. The number of ether oxygens (including phenoxy) is 2. The van der Waals surface area contributed by atoms with Crippen LogP contribution in [0.1, 0.15) is 23.0 Å². The highest BCUT2D eigenvalue weighted by Gasteiger charge is 2.31. The van der Waals surface area contributed by atoms with Gasteiger partial charge in [-0.2, -0.15) is 0 Å². The van der Waals surface area contributed by atoms with E-state index in [9.17, 15) is 4.79 Å². The Labute approximate surface area is 123 Å². The predicted octanol–water partition coefficient (Wildman–Crippen LogP) is 2.27. The number of fused-ring (bicyclic) bond motifs is 1. The third kappa shape index (κ3) is 2.94. The molecule has 0 aliphatic carbocycles. The molecule has 2 atom stereocenters. The van der Waals surface area contributed by atoms with Crippen LogP contribution in [0.15, 0.2) is 28.7 Å². The van der Waals surface area contributed by atoms with Crippen molar-refractivity contribution in [2.45, 2.75) is 26.0 Å². The summed E-state index contributed by atoms with van der Waals surface area (Å²) >= 11 is 0. The molecule has 5 heteroatoms. The van der Waals surface area contributed by atoms with E-state index in [2.05, 4.69) is 5.32 Å². The number of hydrogen-bond acceptors (Lipinski definition) is 4. The van der Waals surface area contributed by atoms with Gasteiger partial charge < -0.3 is 19.2 Å². The quantitative estimate of drug-likeness (QED) is 0.938. The molecule has 3 rings (SSSR count). The zero-order chi connectivity index (χ0) is 14.8. The van der Waals surface area contributed by atoms with Gasteiger partial charge in [0.25, 0.3) is 5.91 Å². The van der Waals surface area contributed by atoms with Crippen LogP contribution in [-0.4, -0.2) is 37.9 Å². The molecule has 1 N–H and O–H groups in total. The Morgan fingerprint density at radius 2 is 2.24 bits per heavy atom. The Morgan fingerprint density at radius 1 is 1.38 bits per heavy atom. The Bertz CT molecular complexity index is 649. The predicted molar refractivity (Wildman–Crippen MR) is 78.4 cm³/mol. The number of nitrogens with one attached hydrogen (secondary N) is 1. The monoisotopic (exact) mass is 289 g/mol. The Kier molecular flexibility index (Phi) is 3.94. The number of hydrogen-bond donors (Lipinski definition) is 1. The third-order valence-corrected chi connectivity index (χ3v) is 3.62. The molecule has 1 aliphatic rings. The maximum atomic E-state index is 12.3. The molecule has 5 nitrogen and oxygen atoms in total. The second-order valence-electron chi connectivity index (χ2n) is 5.26. The largest absolute Gasteiger partial charge is 0.451 e. The van der Waals surface area contributed by atoms with Crippen LogP contribution in [0.4, 0.5) is 0 Å². The number of aryl methyl sites for hydroxylation is 1. The van der Waals surface area contributed by atoms with Gasteiger partial charge in [0.05, 0.1) is 19.3 Å². The van der Waals surface area contributed by atoms with Crippen molar-refractivity contribution in [1.29, 1.82) is 0 Å². The number of benzene rings is 1. The minimum atomic E-state index is -0.232. The first-order valence-electron chi connectivity index (χ1n) is 7.18. The maximum Gasteiger partial charge on any atom is 0.287 e. The van der Waals surface area contributed by atoms with E-state index in [1.165, 1.54) is 0 Å². The van der Waals surface area contributed by atoms with E-state index in [1.54, 1.807) is 6.07 Å². The van der Waals surface area contributed by atoms with Crippen LogP contribution in [-0.2, 0) is 9.47 Å². The highest BCUT2D eigenvalue weighted by Crippen LogP contribution is 2.21. The van der Waals surface area contributed by atoms with E-state index in [-0.39, 0.29) is 18.1 Å². The second kappa shape index (κ2) is 5.87. The molecule has 21 heavy (non-hydrogen) atoms. The molecule has 1 saturated heterocycles. The van der Waals surface area contributed by atoms with E-state index >= 15 is 0 Å². The molecule has 1 aliphatic heterocycles. The molecule has 112 valence electrons.